The molecule has 0 spiro atoms. The van der Waals surface area contributed by atoms with Crippen LogP contribution in [0.4, 0.5) is 13.2 Å². The van der Waals surface area contributed by atoms with Gasteiger partial charge in [0, 0.05) is 17.4 Å². The molecule has 11 heteroatoms. The summed E-state index contributed by atoms with van der Waals surface area (Å²) in [6.07, 6.45) is -3.82. The van der Waals surface area contributed by atoms with Gasteiger partial charge in [0.25, 0.3) is 0 Å². The van der Waals surface area contributed by atoms with Gasteiger partial charge in [0.15, 0.2) is 9.84 Å². The lowest BCUT2D eigenvalue weighted by Gasteiger charge is -2.15. The molecule has 0 unspecified atom stereocenters. The lowest BCUT2D eigenvalue weighted by molar-refractivity contribution is -0.176. The van der Waals surface area contributed by atoms with Crippen molar-refractivity contribution in [3.05, 3.63) is 52.0 Å². The Hall–Kier alpha value is -2.30. The summed E-state index contributed by atoms with van der Waals surface area (Å²) in [4.78, 5) is 12.3. The molecule has 0 atom stereocenters. The van der Waals surface area contributed by atoms with E-state index >= 15 is 0 Å². The Kier molecular flexibility index (Phi) is 6.27. The average Bonchev–Trinajstić information content (AvgIpc) is 2.53. The van der Waals surface area contributed by atoms with Crippen LogP contribution in [0, 0.1) is 0 Å². The quantitative estimate of drug-likeness (QED) is 0.670. The van der Waals surface area contributed by atoms with Gasteiger partial charge >= 0.3 is 6.18 Å². The highest BCUT2D eigenvalue weighted by Crippen LogP contribution is 2.34. The van der Waals surface area contributed by atoms with E-state index in [1.54, 1.807) is 0 Å². The number of hydrogen-bond donors (Lipinski definition) is 2. The van der Waals surface area contributed by atoms with E-state index in [0.717, 1.165) is 30.5 Å². The third kappa shape index (κ3) is 4.94. The summed E-state index contributed by atoms with van der Waals surface area (Å²) >= 11 is 6.11. The third-order valence-electron chi connectivity index (χ3n) is 3.60. The van der Waals surface area contributed by atoms with Gasteiger partial charge in [-0.15, -0.1) is 0 Å². The van der Waals surface area contributed by atoms with Gasteiger partial charge in [0.2, 0.25) is 5.78 Å². The Balaban J connectivity index is 2.56. The molecule has 0 bridgehead atoms. The van der Waals surface area contributed by atoms with Crippen LogP contribution in [0.1, 0.15) is 21.5 Å². The second-order valence-electron chi connectivity index (χ2n) is 5.78. The number of ether oxygens (including phenoxy) is 1. The van der Waals surface area contributed by atoms with Crippen LogP contribution in [0.15, 0.2) is 35.2 Å². The second-order valence-corrected chi connectivity index (χ2v) is 8.15. The molecule has 0 amide bonds. The van der Waals surface area contributed by atoms with E-state index in [4.69, 9.17) is 11.6 Å². The molecule has 0 aromatic heterocycles. The van der Waals surface area contributed by atoms with Crippen molar-refractivity contribution in [2.24, 2.45) is 0 Å². The van der Waals surface area contributed by atoms with Crippen LogP contribution >= 0.6 is 11.6 Å². The minimum Gasteiger partial charge on any atom is -0.507 e. The first-order chi connectivity index (χ1) is 12.8. The topological polar surface area (TPSA) is 101 Å². The summed E-state index contributed by atoms with van der Waals surface area (Å²) in [6, 6.07) is 5.60. The Labute approximate surface area is 163 Å². The third-order valence-corrected chi connectivity index (χ3v) is 5.22. The normalized spacial score (nSPS) is 12.2. The van der Waals surface area contributed by atoms with Crippen molar-refractivity contribution in [3.8, 4) is 11.5 Å². The van der Waals surface area contributed by atoms with Gasteiger partial charge < -0.3 is 14.9 Å². The van der Waals surface area contributed by atoms with E-state index in [9.17, 15) is 36.6 Å². The fourth-order valence-electron chi connectivity index (χ4n) is 2.43. The first kappa shape index (κ1) is 22.0. The number of carbonyl (C=O) groups excluding carboxylic acids is 1. The Morgan fingerprint density at radius 1 is 1.14 bits per heavy atom. The van der Waals surface area contributed by atoms with Crippen molar-refractivity contribution >= 4 is 27.2 Å². The van der Waals surface area contributed by atoms with Gasteiger partial charge in [-0.3, -0.25) is 4.79 Å². The first-order valence-electron chi connectivity index (χ1n) is 7.54. The number of sulfone groups is 1. The molecule has 2 aromatic rings. The van der Waals surface area contributed by atoms with Crippen molar-refractivity contribution in [2.45, 2.75) is 17.7 Å². The fourth-order valence-corrected chi connectivity index (χ4v) is 3.71. The molecule has 0 heterocycles. The van der Waals surface area contributed by atoms with E-state index in [0.29, 0.717) is 0 Å². The highest BCUT2D eigenvalue weighted by atomic mass is 35.5. The van der Waals surface area contributed by atoms with Crippen molar-refractivity contribution in [3.63, 3.8) is 0 Å². The average molecular weight is 439 g/mol. The van der Waals surface area contributed by atoms with Crippen LogP contribution in [0.3, 0.4) is 0 Å². The van der Waals surface area contributed by atoms with Gasteiger partial charge in [-0.05, 0) is 24.3 Å². The number of phenols is 2. The summed E-state index contributed by atoms with van der Waals surface area (Å²) in [5.41, 5.74) is -1.15. The molecule has 2 aromatic carbocycles. The number of phenolic OH excluding ortho intramolecular Hbond substituents is 2. The molecule has 6 nitrogen and oxygen atoms in total. The van der Waals surface area contributed by atoms with Crippen molar-refractivity contribution in [1.82, 2.24) is 0 Å². The summed E-state index contributed by atoms with van der Waals surface area (Å²) < 4.78 is 65.3. The molecule has 0 aliphatic carbocycles. The maximum Gasteiger partial charge on any atom is 0.411 e. The minimum absolute atomic E-state index is 0.323. The molecule has 0 fully saturated rings. The summed E-state index contributed by atoms with van der Waals surface area (Å²) in [7, 11) is -3.90. The monoisotopic (exact) mass is 438 g/mol. The van der Waals surface area contributed by atoms with Gasteiger partial charge in [0.1, 0.15) is 23.7 Å². The Morgan fingerprint density at radius 3 is 2.21 bits per heavy atom. The summed E-state index contributed by atoms with van der Waals surface area (Å²) in [6.45, 7) is -2.47. The minimum atomic E-state index is -4.65. The van der Waals surface area contributed by atoms with E-state index in [-0.39, 0.29) is 11.1 Å². The van der Waals surface area contributed by atoms with Gasteiger partial charge in [0.05, 0.1) is 16.5 Å². The largest absolute Gasteiger partial charge is 0.507 e. The molecule has 28 heavy (non-hydrogen) atoms. The smallest absolute Gasteiger partial charge is 0.411 e. The van der Waals surface area contributed by atoms with E-state index in [1.165, 1.54) is 6.07 Å². The Morgan fingerprint density at radius 2 is 1.71 bits per heavy atom. The molecule has 0 saturated carbocycles. The van der Waals surface area contributed by atoms with Gasteiger partial charge in [-0.25, -0.2) is 8.42 Å². The van der Waals surface area contributed by atoms with Crippen LogP contribution in [0.2, 0.25) is 5.02 Å². The van der Waals surface area contributed by atoms with Gasteiger partial charge in [-0.2, -0.15) is 13.2 Å². The Bertz CT molecular complexity index is 998. The van der Waals surface area contributed by atoms with Crippen LogP contribution in [0.25, 0.3) is 0 Å². The maximum absolute atomic E-state index is 12.7. The molecular formula is C17H14ClF3O6S. The number of benzene rings is 2. The highest BCUT2D eigenvalue weighted by molar-refractivity contribution is 7.90. The number of hydrogen-bond acceptors (Lipinski definition) is 6. The zero-order valence-electron chi connectivity index (χ0n) is 14.2. The zero-order valence-corrected chi connectivity index (χ0v) is 15.8. The molecular weight excluding hydrogens is 425 g/mol. The molecule has 0 saturated heterocycles. The summed E-state index contributed by atoms with van der Waals surface area (Å²) in [5.74, 6) is -2.05. The lowest BCUT2D eigenvalue weighted by Crippen LogP contribution is -2.18. The van der Waals surface area contributed by atoms with Crippen LogP contribution in [-0.2, 0) is 21.2 Å². The molecule has 152 valence electrons. The highest BCUT2D eigenvalue weighted by Gasteiger charge is 2.29. The lowest BCUT2D eigenvalue weighted by atomic mass is 9.99. The number of alkyl halides is 3. The van der Waals surface area contributed by atoms with Crippen molar-refractivity contribution in [2.75, 3.05) is 12.9 Å². The molecule has 2 N–H and O–H groups in total. The molecule has 0 aliphatic heterocycles. The standard InChI is InChI=1S/C17H14ClF3O6S/c1-28(25,26)13-6-5-9(15(18)10(13)7-27-8-17(19,20)21)16(24)14-11(22)3-2-4-12(14)23/h2-6,22-23H,7-8H2,1H3. The number of carbonyl (C=O) groups is 1. The van der Waals surface area contributed by atoms with E-state index in [2.05, 4.69) is 4.74 Å². The van der Waals surface area contributed by atoms with Crippen molar-refractivity contribution < 1.29 is 41.3 Å². The number of halogens is 4. The van der Waals surface area contributed by atoms with Crippen LogP contribution < -0.4 is 0 Å². The van der Waals surface area contributed by atoms with Crippen LogP contribution in [0.5, 0.6) is 11.5 Å². The van der Waals surface area contributed by atoms with E-state index < -0.39 is 62.0 Å². The molecule has 0 radical (unpaired) electrons. The predicted octanol–water partition coefficient (Wildman–Crippen LogP) is 3.46. The summed E-state index contributed by atoms with van der Waals surface area (Å²) in [5, 5.41) is 19.2. The van der Waals surface area contributed by atoms with Gasteiger partial charge in [-0.1, -0.05) is 17.7 Å². The zero-order chi connectivity index (χ0) is 21.3. The first-order valence-corrected chi connectivity index (χ1v) is 9.81. The predicted molar refractivity (Wildman–Crippen MR) is 93.5 cm³/mol. The number of ketones is 1. The number of aromatic hydroxyl groups is 2. The SMILES string of the molecule is CS(=O)(=O)c1ccc(C(=O)c2c(O)cccc2O)c(Cl)c1COCC(F)(F)F. The second kappa shape index (κ2) is 7.98. The fraction of sp³-hybridized carbons (Fsp3) is 0.235. The maximum atomic E-state index is 12.7. The molecule has 2 rings (SSSR count). The number of rotatable bonds is 6. The van der Waals surface area contributed by atoms with Crippen molar-refractivity contribution in [1.29, 1.82) is 0 Å². The molecule has 0 aliphatic rings. The van der Waals surface area contributed by atoms with E-state index in [1.807, 2.05) is 0 Å². The van der Waals surface area contributed by atoms with Crippen LogP contribution in [-0.4, -0.2) is 43.5 Å².